The molecule has 3 aromatic carbocycles. The Labute approximate surface area is 247 Å². The third kappa shape index (κ3) is 6.33. The quantitative estimate of drug-likeness (QED) is 0.188. The van der Waals surface area contributed by atoms with E-state index in [9.17, 15) is 14.4 Å². The number of carbonyl (C=O) groups excluding carboxylic acids is 3. The first-order chi connectivity index (χ1) is 20.0. The van der Waals surface area contributed by atoms with Gasteiger partial charge < -0.3 is 23.7 Å². The Balaban J connectivity index is 1.30. The zero-order valence-electron chi connectivity index (χ0n) is 23.6. The summed E-state index contributed by atoms with van der Waals surface area (Å²) in [5.74, 6) is -1.15. The molecule has 0 spiro atoms. The van der Waals surface area contributed by atoms with Gasteiger partial charge in [-0.2, -0.15) is 0 Å². The predicted molar refractivity (Wildman–Crippen MR) is 155 cm³/mol. The van der Waals surface area contributed by atoms with Crippen LogP contribution in [0.3, 0.4) is 0 Å². The van der Waals surface area contributed by atoms with Crippen molar-refractivity contribution in [1.82, 2.24) is 4.57 Å². The van der Waals surface area contributed by atoms with Crippen molar-refractivity contribution in [2.45, 2.75) is 39.1 Å². The van der Waals surface area contributed by atoms with Gasteiger partial charge in [0, 0.05) is 21.7 Å². The molecule has 0 aliphatic carbocycles. The van der Waals surface area contributed by atoms with Crippen molar-refractivity contribution in [2.75, 3.05) is 20.3 Å². The maximum absolute atomic E-state index is 13.5. The van der Waals surface area contributed by atoms with E-state index in [2.05, 4.69) is 0 Å². The summed E-state index contributed by atoms with van der Waals surface area (Å²) in [5.41, 5.74) is 2.64. The van der Waals surface area contributed by atoms with Crippen LogP contribution in [0.15, 0.2) is 66.7 Å². The van der Waals surface area contributed by atoms with E-state index in [0.29, 0.717) is 50.7 Å². The van der Waals surface area contributed by atoms with Crippen LogP contribution < -0.4 is 9.47 Å². The smallest absolute Gasteiger partial charge is 0.338 e. The summed E-state index contributed by atoms with van der Waals surface area (Å²) in [6.45, 7) is 5.79. The van der Waals surface area contributed by atoms with Crippen molar-refractivity contribution in [1.29, 1.82) is 0 Å². The maximum atomic E-state index is 13.5. The van der Waals surface area contributed by atoms with Crippen molar-refractivity contribution >= 4 is 40.3 Å². The Bertz CT molecular complexity index is 1640. The van der Waals surface area contributed by atoms with E-state index in [0.717, 1.165) is 0 Å². The van der Waals surface area contributed by atoms with Gasteiger partial charge in [0.2, 0.25) is 0 Å². The number of methoxy groups -OCH3 is 1. The van der Waals surface area contributed by atoms with Crippen molar-refractivity contribution in [3.05, 3.63) is 94.1 Å². The standard InChI is InChI=1S/C32H30ClNO8/c1-19-26(27-15-24(38-4)13-14-28(27)34(19)30(36)20-5-9-22(33)10-6-20)16-29(35)41-23-11-7-21(8-12-23)31(37)39-17-25-18-40-32(2,3)42-25/h5-15,25H,16-18H2,1-4H3. The molecular weight excluding hydrogens is 562 g/mol. The molecule has 1 aliphatic rings. The second-order valence-electron chi connectivity index (χ2n) is 10.3. The Hall–Kier alpha value is -4.18. The molecule has 1 fully saturated rings. The molecule has 1 unspecified atom stereocenters. The summed E-state index contributed by atoms with van der Waals surface area (Å²) in [5, 5.41) is 1.22. The lowest BCUT2D eigenvalue weighted by Crippen LogP contribution is -2.25. The van der Waals surface area contributed by atoms with E-state index in [1.807, 2.05) is 0 Å². The highest BCUT2D eigenvalue weighted by molar-refractivity contribution is 6.30. The average Bonchev–Trinajstić information content (AvgIpc) is 3.46. The zero-order chi connectivity index (χ0) is 30.0. The molecule has 5 rings (SSSR count). The van der Waals surface area contributed by atoms with Crippen LogP contribution in [0.2, 0.25) is 5.02 Å². The molecule has 0 bridgehead atoms. The van der Waals surface area contributed by atoms with Gasteiger partial charge in [0.05, 0.1) is 31.2 Å². The highest BCUT2D eigenvalue weighted by Crippen LogP contribution is 2.31. The summed E-state index contributed by atoms with van der Waals surface area (Å²) >= 11 is 6.01. The minimum atomic E-state index is -0.700. The number of esters is 2. The Morgan fingerprint density at radius 2 is 1.64 bits per heavy atom. The van der Waals surface area contributed by atoms with Crippen LogP contribution in [0.4, 0.5) is 0 Å². The lowest BCUT2D eigenvalue weighted by Gasteiger charge is -2.17. The van der Waals surface area contributed by atoms with E-state index < -0.39 is 17.7 Å². The number of carbonyl (C=O) groups is 3. The fraction of sp³-hybridized carbons (Fsp3) is 0.281. The number of hydrogen-bond acceptors (Lipinski definition) is 8. The maximum Gasteiger partial charge on any atom is 0.338 e. The summed E-state index contributed by atoms with van der Waals surface area (Å²) in [7, 11) is 1.55. The Morgan fingerprint density at radius 3 is 2.29 bits per heavy atom. The van der Waals surface area contributed by atoms with Crippen LogP contribution in [0.1, 0.15) is 45.8 Å². The second kappa shape index (κ2) is 12.0. The lowest BCUT2D eigenvalue weighted by atomic mass is 10.1. The van der Waals surface area contributed by atoms with E-state index in [-0.39, 0.29) is 30.8 Å². The number of ether oxygens (including phenoxy) is 5. The topological polar surface area (TPSA) is 102 Å². The minimum Gasteiger partial charge on any atom is -0.497 e. The van der Waals surface area contributed by atoms with Gasteiger partial charge in [-0.05, 0) is 93.1 Å². The fourth-order valence-corrected chi connectivity index (χ4v) is 4.99. The first kappa shape index (κ1) is 29.3. The molecule has 1 saturated heterocycles. The third-order valence-electron chi connectivity index (χ3n) is 6.95. The van der Waals surface area contributed by atoms with Crippen LogP contribution in [0.25, 0.3) is 10.9 Å². The van der Waals surface area contributed by atoms with Gasteiger partial charge >= 0.3 is 11.9 Å². The van der Waals surface area contributed by atoms with Crippen LogP contribution in [0, 0.1) is 6.92 Å². The van der Waals surface area contributed by atoms with Crippen LogP contribution in [0.5, 0.6) is 11.5 Å². The molecule has 0 N–H and O–H groups in total. The van der Waals surface area contributed by atoms with E-state index >= 15 is 0 Å². The number of halogens is 1. The van der Waals surface area contributed by atoms with Crippen molar-refractivity contribution in [2.24, 2.45) is 0 Å². The predicted octanol–water partition coefficient (Wildman–Crippen LogP) is 5.76. The van der Waals surface area contributed by atoms with Gasteiger partial charge in [0.25, 0.3) is 5.91 Å². The SMILES string of the molecule is COc1ccc2c(c1)c(CC(=O)Oc1ccc(C(=O)OCC3COC(C)(C)O3)cc1)c(C)n2C(=O)c1ccc(Cl)cc1. The normalized spacial score (nSPS) is 15.9. The monoisotopic (exact) mass is 591 g/mol. The van der Waals surface area contributed by atoms with Gasteiger partial charge in [-0.15, -0.1) is 0 Å². The molecule has 10 heteroatoms. The third-order valence-corrected chi connectivity index (χ3v) is 7.20. The van der Waals surface area contributed by atoms with Crippen LogP contribution in [-0.2, 0) is 25.4 Å². The number of nitrogens with zero attached hydrogens (tertiary/aromatic N) is 1. The summed E-state index contributed by atoms with van der Waals surface area (Å²) in [6.07, 6.45) is -0.431. The molecule has 9 nitrogen and oxygen atoms in total. The van der Waals surface area contributed by atoms with Crippen LogP contribution >= 0.6 is 11.6 Å². The van der Waals surface area contributed by atoms with E-state index in [1.165, 1.54) is 24.3 Å². The van der Waals surface area contributed by atoms with Gasteiger partial charge in [0.15, 0.2) is 5.79 Å². The number of hydrogen-bond donors (Lipinski definition) is 0. The lowest BCUT2D eigenvalue weighted by molar-refractivity contribution is -0.142. The van der Waals surface area contributed by atoms with Gasteiger partial charge in [-0.1, -0.05) is 11.6 Å². The molecular formula is C32H30ClNO8. The molecule has 1 aromatic heterocycles. The number of benzene rings is 3. The molecule has 1 aliphatic heterocycles. The average molecular weight is 592 g/mol. The molecule has 2 heterocycles. The number of rotatable bonds is 8. The van der Waals surface area contributed by atoms with E-state index in [1.54, 1.807) is 74.9 Å². The zero-order valence-corrected chi connectivity index (χ0v) is 24.4. The Kier molecular flexibility index (Phi) is 8.36. The molecule has 42 heavy (non-hydrogen) atoms. The fourth-order valence-electron chi connectivity index (χ4n) is 4.86. The molecule has 0 radical (unpaired) electrons. The Morgan fingerprint density at radius 1 is 0.976 bits per heavy atom. The van der Waals surface area contributed by atoms with Gasteiger partial charge in [-0.25, -0.2) is 4.79 Å². The van der Waals surface area contributed by atoms with Gasteiger partial charge in [-0.3, -0.25) is 14.2 Å². The minimum absolute atomic E-state index is 0.0667. The van der Waals surface area contributed by atoms with Crippen molar-refractivity contribution in [3.8, 4) is 11.5 Å². The highest BCUT2D eigenvalue weighted by Gasteiger charge is 2.33. The van der Waals surface area contributed by atoms with Crippen LogP contribution in [-0.4, -0.2) is 54.6 Å². The van der Waals surface area contributed by atoms with Crippen molar-refractivity contribution < 1.29 is 38.1 Å². The molecule has 0 amide bonds. The summed E-state index contributed by atoms with van der Waals surface area (Å²) < 4.78 is 29.0. The number of fused-ring (bicyclic) bond motifs is 1. The first-order valence-electron chi connectivity index (χ1n) is 13.3. The summed E-state index contributed by atoms with van der Waals surface area (Å²) in [4.78, 5) is 39.0. The van der Waals surface area contributed by atoms with Gasteiger partial charge in [0.1, 0.15) is 24.2 Å². The first-order valence-corrected chi connectivity index (χ1v) is 13.7. The summed E-state index contributed by atoms with van der Waals surface area (Å²) in [6, 6.07) is 18.1. The number of aromatic nitrogens is 1. The van der Waals surface area contributed by atoms with Crippen molar-refractivity contribution in [3.63, 3.8) is 0 Å². The van der Waals surface area contributed by atoms with E-state index in [4.69, 9.17) is 35.3 Å². The molecule has 4 aromatic rings. The molecule has 218 valence electrons. The largest absolute Gasteiger partial charge is 0.497 e. The highest BCUT2D eigenvalue weighted by atomic mass is 35.5. The second-order valence-corrected chi connectivity index (χ2v) is 10.8. The molecule has 0 saturated carbocycles. The molecule has 1 atom stereocenters.